The third-order valence-corrected chi connectivity index (χ3v) is 3.56. The lowest BCUT2D eigenvalue weighted by Crippen LogP contribution is -2.46. The zero-order chi connectivity index (χ0) is 12.3. The maximum Gasteiger partial charge on any atom is 0.119 e. The van der Waals surface area contributed by atoms with E-state index in [1.165, 1.54) is 18.5 Å². The Bertz CT molecular complexity index is 355. The van der Waals surface area contributed by atoms with Crippen molar-refractivity contribution in [3.05, 3.63) is 24.3 Å². The summed E-state index contributed by atoms with van der Waals surface area (Å²) in [6.45, 7) is 4.49. The molecule has 0 bridgehead atoms. The molecule has 1 aromatic rings. The van der Waals surface area contributed by atoms with E-state index in [4.69, 9.17) is 4.74 Å². The molecule has 17 heavy (non-hydrogen) atoms. The van der Waals surface area contributed by atoms with Crippen LogP contribution in [-0.2, 0) is 0 Å². The highest BCUT2D eigenvalue weighted by atomic mass is 16.5. The van der Waals surface area contributed by atoms with Crippen LogP contribution >= 0.6 is 0 Å². The van der Waals surface area contributed by atoms with E-state index in [0.717, 1.165) is 18.8 Å². The topological polar surface area (TPSA) is 24.5 Å². The molecule has 1 atom stereocenters. The number of hydrogen-bond donors (Lipinski definition) is 1. The number of nitrogens with one attached hydrogen (secondary N) is 1. The Kier molecular flexibility index (Phi) is 3.57. The van der Waals surface area contributed by atoms with Gasteiger partial charge in [0, 0.05) is 24.8 Å². The minimum atomic E-state index is 0.259. The van der Waals surface area contributed by atoms with E-state index in [9.17, 15) is 0 Å². The maximum atomic E-state index is 5.17. The molecular formula is C14H22N2O. The fourth-order valence-corrected chi connectivity index (χ4v) is 2.54. The van der Waals surface area contributed by atoms with Gasteiger partial charge in [-0.15, -0.1) is 0 Å². The Balaban J connectivity index is 2.01. The van der Waals surface area contributed by atoms with Gasteiger partial charge in [0.2, 0.25) is 0 Å². The lowest BCUT2D eigenvalue weighted by molar-refractivity contribution is 0.413. The van der Waals surface area contributed by atoms with Gasteiger partial charge in [0.1, 0.15) is 5.75 Å². The summed E-state index contributed by atoms with van der Waals surface area (Å²) in [6.07, 6.45) is 2.54. The van der Waals surface area contributed by atoms with Crippen LogP contribution in [0.25, 0.3) is 0 Å². The van der Waals surface area contributed by atoms with Crippen LogP contribution < -0.4 is 15.0 Å². The van der Waals surface area contributed by atoms with Crippen molar-refractivity contribution in [2.24, 2.45) is 0 Å². The Labute approximate surface area is 104 Å². The van der Waals surface area contributed by atoms with Gasteiger partial charge in [0.25, 0.3) is 0 Å². The fourth-order valence-electron chi connectivity index (χ4n) is 2.54. The molecule has 0 aliphatic carbocycles. The van der Waals surface area contributed by atoms with E-state index < -0.39 is 0 Å². The van der Waals surface area contributed by atoms with Crippen LogP contribution in [0.3, 0.4) is 0 Å². The summed E-state index contributed by atoms with van der Waals surface area (Å²) in [5.41, 5.74) is 1.50. The first-order valence-electron chi connectivity index (χ1n) is 6.23. The van der Waals surface area contributed by atoms with Gasteiger partial charge in [-0.2, -0.15) is 0 Å². The molecule has 1 N–H and O–H groups in total. The molecule has 1 aliphatic rings. The van der Waals surface area contributed by atoms with Crippen LogP contribution in [0.15, 0.2) is 24.3 Å². The molecule has 0 aromatic heterocycles. The minimum Gasteiger partial charge on any atom is -0.497 e. The summed E-state index contributed by atoms with van der Waals surface area (Å²) in [6, 6.07) is 8.24. The monoisotopic (exact) mass is 234 g/mol. The standard InChI is InChI=1S/C14H22N2O/c1-14(9-4-10-15-14)11-16(2)12-5-7-13(17-3)8-6-12/h5-8,15H,4,9-11H2,1-3H3. The molecule has 1 saturated heterocycles. The van der Waals surface area contributed by atoms with Gasteiger partial charge in [-0.1, -0.05) is 0 Å². The Hall–Kier alpha value is -1.22. The smallest absolute Gasteiger partial charge is 0.119 e. The van der Waals surface area contributed by atoms with Gasteiger partial charge in [0.15, 0.2) is 0 Å². The molecule has 1 fully saturated rings. The van der Waals surface area contributed by atoms with Gasteiger partial charge < -0.3 is 15.0 Å². The van der Waals surface area contributed by atoms with Gasteiger partial charge in [-0.25, -0.2) is 0 Å². The number of benzene rings is 1. The predicted molar refractivity (Wildman–Crippen MR) is 71.9 cm³/mol. The van der Waals surface area contributed by atoms with Crippen LogP contribution in [0.1, 0.15) is 19.8 Å². The van der Waals surface area contributed by atoms with Gasteiger partial charge >= 0.3 is 0 Å². The number of hydrogen-bond acceptors (Lipinski definition) is 3. The van der Waals surface area contributed by atoms with Gasteiger partial charge in [-0.05, 0) is 50.6 Å². The van der Waals surface area contributed by atoms with E-state index in [2.05, 4.69) is 36.3 Å². The second kappa shape index (κ2) is 4.96. The second-order valence-electron chi connectivity index (χ2n) is 5.15. The van der Waals surface area contributed by atoms with E-state index in [1.807, 2.05) is 12.1 Å². The molecule has 0 amide bonds. The third-order valence-electron chi connectivity index (χ3n) is 3.56. The molecule has 3 nitrogen and oxygen atoms in total. The van der Waals surface area contributed by atoms with E-state index >= 15 is 0 Å². The highest BCUT2D eigenvalue weighted by molar-refractivity contribution is 5.48. The number of methoxy groups -OCH3 is 1. The number of likely N-dealkylation sites (N-methyl/N-ethyl adjacent to an activating group) is 1. The molecular weight excluding hydrogens is 212 g/mol. The first-order chi connectivity index (χ1) is 8.13. The molecule has 0 radical (unpaired) electrons. The third kappa shape index (κ3) is 2.91. The normalized spacial score (nSPS) is 23.7. The Morgan fingerprint density at radius 2 is 2.06 bits per heavy atom. The average Bonchev–Trinajstić information content (AvgIpc) is 2.76. The molecule has 3 heteroatoms. The zero-order valence-electron chi connectivity index (χ0n) is 11.0. The Morgan fingerprint density at radius 1 is 1.35 bits per heavy atom. The fraction of sp³-hybridized carbons (Fsp3) is 0.571. The summed E-state index contributed by atoms with van der Waals surface area (Å²) in [5, 5.41) is 3.59. The van der Waals surface area contributed by atoms with Crippen molar-refractivity contribution in [2.45, 2.75) is 25.3 Å². The average molecular weight is 234 g/mol. The van der Waals surface area contributed by atoms with E-state index in [-0.39, 0.29) is 5.54 Å². The van der Waals surface area contributed by atoms with Crippen LogP contribution in [0, 0.1) is 0 Å². The molecule has 1 aromatic carbocycles. The number of ether oxygens (including phenoxy) is 1. The largest absolute Gasteiger partial charge is 0.497 e. The number of nitrogens with zero attached hydrogens (tertiary/aromatic N) is 1. The lowest BCUT2D eigenvalue weighted by atomic mass is 9.99. The Morgan fingerprint density at radius 3 is 2.59 bits per heavy atom. The van der Waals surface area contributed by atoms with Crippen LogP contribution in [0.5, 0.6) is 5.75 Å². The van der Waals surface area contributed by atoms with Gasteiger partial charge in [0.05, 0.1) is 7.11 Å². The number of rotatable bonds is 4. The summed E-state index contributed by atoms with van der Waals surface area (Å²) in [7, 11) is 3.84. The molecule has 1 unspecified atom stereocenters. The van der Waals surface area contributed by atoms with Crippen molar-refractivity contribution in [3.8, 4) is 5.75 Å². The minimum absolute atomic E-state index is 0.259. The van der Waals surface area contributed by atoms with Gasteiger partial charge in [-0.3, -0.25) is 0 Å². The summed E-state index contributed by atoms with van der Waals surface area (Å²) in [4.78, 5) is 2.30. The molecule has 1 aliphatic heterocycles. The first kappa shape index (κ1) is 12.2. The van der Waals surface area contributed by atoms with Crippen LogP contribution in [0.4, 0.5) is 5.69 Å². The zero-order valence-corrected chi connectivity index (χ0v) is 11.0. The highest BCUT2D eigenvalue weighted by Gasteiger charge is 2.29. The van der Waals surface area contributed by atoms with Crippen LogP contribution in [0.2, 0.25) is 0 Å². The van der Waals surface area contributed by atoms with Crippen molar-refractivity contribution in [2.75, 3.05) is 32.1 Å². The predicted octanol–water partition coefficient (Wildman–Crippen LogP) is 2.27. The van der Waals surface area contributed by atoms with Crippen molar-refractivity contribution < 1.29 is 4.74 Å². The quantitative estimate of drug-likeness (QED) is 0.865. The summed E-state index contributed by atoms with van der Waals surface area (Å²) < 4.78 is 5.17. The lowest BCUT2D eigenvalue weighted by Gasteiger charge is -2.31. The maximum absolute atomic E-state index is 5.17. The SMILES string of the molecule is COc1ccc(N(C)CC2(C)CCCN2)cc1. The summed E-state index contributed by atoms with van der Waals surface area (Å²) in [5.74, 6) is 0.910. The van der Waals surface area contributed by atoms with E-state index in [1.54, 1.807) is 7.11 Å². The van der Waals surface area contributed by atoms with Crippen molar-refractivity contribution in [3.63, 3.8) is 0 Å². The summed E-state index contributed by atoms with van der Waals surface area (Å²) >= 11 is 0. The molecule has 94 valence electrons. The van der Waals surface area contributed by atoms with Crippen molar-refractivity contribution >= 4 is 5.69 Å². The first-order valence-corrected chi connectivity index (χ1v) is 6.23. The highest BCUT2D eigenvalue weighted by Crippen LogP contribution is 2.23. The number of anilines is 1. The second-order valence-corrected chi connectivity index (χ2v) is 5.15. The molecule has 2 rings (SSSR count). The molecule has 0 spiro atoms. The molecule has 0 saturated carbocycles. The molecule has 1 heterocycles. The van der Waals surface area contributed by atoms with Crippen molar-refractivity contribution in [1.82, 2.24) is 5.32 Å². The van der Waals surface area contributed by atoms with Crippen molar-refractivity contribution in [1.29, 1.82) is 0 Å². The van der Waals surface area contributed by atoms with E-state index in [0.29, 0.717) is 0 Å². The van der Waals surface area contributed by atoms with Crippen LogP contribution in [-0.4, -0.2) is 32.8 Å².